The summed E-state index contributed by atoms with van der Waals surface area (Å²) in [6, 6.07) is 4.12. The molecule has 6 heteroatoms. The van der Waals surface area contributed by atoms with Crippen LogP contribution in [0.2, 0.25) is 0 Å². The summed E-state index contributed by atoms with van der Waals surface area (Å²) in [5, 5.41) is 19.6. The van der Waals surface area contributed by atoms with Crippen LogP contribution in [0.5, 0.6) is 5.75 Å². The fourth-order valence-electron chi connectivity index (χ4n) is 1.40. The molecule has 1 rings (SSSR count). The van der Waals surface area contributed by atoms with Crippen molar-refractivity contribution in [2.24, 2.45) is 0 Å². The van der Waals surface area contributed by atoms with E-state index in [1.165, 1.54) is 31.2 Å². The Labute approximate surface area is 110 Å². The third kappa shape index (κ3) is 4.09. The van der Waals surface area contributed by atoms with Crippen LogP contribution < -0.4 is 4.74 Å². The third-order valence-corrected chi connectivity index (χ3v) is 2.38. The first kappa shape index (κ1) is 14.7. The number of carboxylic acid groups (broad SMARTS) is 1. The second-order valence-corrected chi connectivity index (χ2v) is 3.96. The normalized spacial score (nSPS) is 11.2. The number of rotatable bonds is 6. The molecular weight excluding hydrogens is 250 g/mol. The Morgan fingerprint density at radius 2 is 2.21 bits per heavy atom. The summed E-state index contributed by atoms with van der Waals surface area (Å²) >= 11 is 0. The van der Waals surface area contributed by atoms with Gasteiger partial charge in [-0.3, -0.25) is 10.1 Å². The van der Waals surface area contributed by atoms with Gasteiger partial charge in [0.2, 0.25) is 0 Å². The highest BCUT2D eigenvalue weighted by molar-refractivity contribution is 5.92. The summed E-state index contributed by atoms with van der Waals surface area (Å²) in [7, 11) is 0. The maximum atomic E-state index is 10.8. The Balaban J connectivity index is 3.21. The molecule has 0 amide bonds. The molecule has 0 unspecified atom stereocenters. The first-order valence-electron chi connectivity index (χ1n) is 5.78. The van der Waals surface area contributed by atoms with Gasteiger partial charge in [-0.05, 0) is 25.5 Å². The van der Waals surface area contributed by atoms with Crippen LogP contribution in [0.3, 0.4) is 0 Å². The van der Waals surface area contributed by atoms with E-state index in [0.717, 1.165) is 6.42 Å². The minimum atomic E-state index is -1.08. The van der Waals surface area contributed by atoms with E-state index in [1.807, 2.05) is 6.92 Å². The van der Waals surface area contributed by atoms with Gasteiger partial charge in [0.1, 0.15) is 5.75 Å². The standard InChI is InChI=1S/C13H15NO5/c1-3-6-19-12-5-4-11(14(17)18)8-10(12)7-9(2)13(15)16/h4-5,7-8H,3,6H2,1-2H3,(H,15,16)/b9-7+. The van der Waals surface area contributed by atoms with Gasteiger partial charge in [-0.2, -0.15) is 0 Å². The molecule has 0 radical (unpaired) electrons. The van der Waals surface area contributed by atoms with Gasteiger partial charge >= 0.3 is 5.97 Å². The van der Waals surface area contributed by atoms with Gasteiger partial charge < -0.3 is 9.84 Å². The van der Waals surface area contributed by atoms with Gasteiger partial charge in [0.25, 0.3) is 5.69 Å². The van der Waals surface area contributed by atoms with Crippen molar-refractivity contribution < 1.29 is 19.6 Å². The number of hydrogen-bond acceptors (Lipinski definition) is 4. The molecule has 6 nitrogen and oxygen atoms in total. The van der Waals surface area contributed by atoms with Gasteiger partial charge in [0.05, 0.1) is 11.5 Å². The van der Waals surface area contributed by atoms with Crippen molar-refractivity contribution in [2.75, 3.05) is 6.61 Å². The highest BCUT2D eigenvalue weighted by Gasteiger charge is 2.11. The average molecular weight is 265 g/mol. The lowest BCUT2D eigenvalue weighted by Gasteiger charge is -2.08. The topological polar surface area (TPSA) is 89.7 Å². The zero-order valence-electron chi connectivity index (χ0n) is 10.8. The molecule has 0 aliphatic heterocycles. The lowest BCUT2D eigenvalue weighted by Crippen LogP contribution is -2.00. The fraction of sp³-hybridized carbons (Fsp3) is 0.308. The van der Waals surface area contributed by atoms with Crippen molar-refractivity contribution in [3.05, 3.63) is 39.4 Å². The van der Waals surface area contributed by atoms with Crippen LogP contribution in [0.4, 0.5) is 5.69 Å². The van der Waals surface area contributed by atoms with Gasteiger partial charge in [-0.1, -0.05) is 6.92 Å². The molecule has 0 spiro atoms. The number of nitrogens with zero attached hydrogens (tertiary/aromatic N) is 1. The van der Waals surface area contributed by atoms with E-state index in [0.29, 0.717) is 17.9 Å². The summed E-state index contributed by atoms with van der Waals surface area (Å²) < 4.78 is 5.44. The predicted octanol–water partition coefficient (Wildman–Crippen LogP) is 2.87. The molecule has 0 fully saturated rings. The Kier molecular flexibility index (Phi) is 5.05. The van der Waals surface area contributed by atoms with Crippen molar-refractivity contribution in [3.8, 4) is 5.75 Å². The number of carbonyl (C=O) groups is 1. The monoisotopic (exact) mass is 265 g/mol. The molecular formula is C13H15NO5. The number of aliphatic carboxylic acids is 1. The first-order chi connectivity index (χ1) is 8.95. The van der Waals surface area contributed by atoms with E-state index >= 15 is 0 Å². The number of hydrogen-bond donors (Lipinski definition) is 1. The molecule has 19 heavy (non-hydrogen) atoms. The summed E-state index contributed by atoms with van der Waals surface area (Å²) in [6.07, 6.45) is 2.15. The molecule has 0 saturated carbocycles. The summed E-state index contributed by atoms with van der Waals surface area (Å²) in [5.74, 6) is -0.638. The molecule has 0 aliphatic rings. The van der Waals surface area contributed by atoms with Crippen LogP contribution in [0.1, 0.15) is 25.8 Å². The zero-order valence-corrected chi connectivity index (χ0v) is 10.8. The summed E-state index contributed by atoms with van der Waals surface area (Å²) in [4.78, 5) is 21.0. The fourth-order valence-corrected chi connectivity index (χ4v) is 1.40. The molecule has 102 valence electrons. The second kappa shape index (κ2) is 6.53. The van der Waals surface area contributed by atoms with E-state index in [4.69, 9.17) is 9.84 Å². The SMILES string of the molecule is CCCOc1ccc([N+](=O)[O-])cc1/C=C(\C)C(=O)O. The van der Waals surface area contributed by atoms with Gasteiger partial charge in [-0.25, -0.2) is 4.79 Å². The Hall–Kier alpha value is -2.37. The minimum absolute atomic E-state index is 0.0850. The third-order valence-electron chi connectivity index (χ3n) is 2.38. The molecule has 0 heterocycles. The zero-order chi connectivity index (χ0) is 14.4. The lowest BCUT2D eigenvalue weighted by molar-refractivity contribution is -0.384. The Morgan fingerprint density at radius 3 is 2.74 bits per heavy atom. The number of benzene rings is 1. The molecule has 1 N–H and O–H groups in total. The van der Waals surface area contributed by atoms with Gasteiger partial charge in [0.15, 0.2) is 0 Å². The van der Waals surface area contributed by atoms with Crippen LogP contribution in [-0.4, -0.2) is 22.6 Å². The van der Waals surface area contributed by atoms with Crippen molar-refractivity contribution in [1.29, 1.82) is 0 Å². The van der Waals surface area contributed by atoms with E-state index in [-0.39, 0.29) is 11.3 Å². The van der Waals surface area contributed by atoms with Crippen molar-refractivity contribution in [3.63, 3.8) is 0 Å². The Morgan fingerprint density at radius 1 is 1.53 bits per heavy atom. The van der Waals surface area contributed by atoms with E-state index in [1.54, 1.807) is 0 Å². The van der Waals surface area contributed by atoms with E-state index in [9.17, 15) is 14.9 Å². The van der Waals surface area contributed by atoms with Crippen molar-refractivity contribution in [1.82, 2.24) is 0 Å². The van der Waals surface area contributed by atoms with Crippen molar-refractivity contribution >= 4 is 17.7 Å². The Bertz CT molecular complexity index is 522. The molecule has 0 aliphatic carbocycles. The van der Waals surface area contributed by atoms with E-state index < -0.39 is 10.9 Å². The highest BCUT2D eigenvalue weighted by Crippen LogP contribution is 2.26. The number of nitro groups is 1. The molecule has 0 saturated heterocycles. The molecule has 0 bridgehead atoms. The van der Waals surface area contributed by atoms with Crippen LogP contribution >= 0.6 is 0 Å². The van der Waals surface area contributed by atoms with Crippen LogP contribution in [-0.2, 0) is 4.79 Å². The van der Waals surface area contributed by atoms with Gasteiger partial charge in [0, 0.05) is 23.3 Å². The summed E-state index contributed by atoms with van der Waals surface area (Å²) in [6.45, 7) is 3.82. The molecule has 1 aromatic rings. The number of nitro benzene ring substituents is 1. The average Bonchev–Trinajstić information content (AvgIpc) is 2.36. The second-order valence-electron chi connectivity index (χ2n) is 3.96. The molecule has 1 aromatic carbocycles. The minimum Gasteiger partial charge on any atom is -0.493 e. The maximum Gasteiger partial charge on any atom is 0.331 e. The van der Waals surface area contributed by atoms with Crippen LogP contribution in [0.25, 0.3) is 6.08 Å². The lowest BCUT2D eigenvalue weighted by atomic mass is 10.1. The van der Waals surface area contributed by atoms with Crippen molar-refractivity contribution in [2.45, 2.75) is 20.3 Å². The first-order valence-corrected chi connectivity index (χ1v) is 5.78. The van der Waals surface area contributed by atoms with Crippen LogP contribution in [0.15, 0.2) is 23.8 Å². The smallest absolute Gasteiger partial charge is 0.331 e. The van der Waals surface area contributed by atoms with Gasteiger partial charge in [-0.15, -0.1) is 0 Å². The number of non-ortho nitro benzene ring substituents is 1. The van der Waals surface area contributed by atoms with Crippen LogP contribution in [0, 0.1) is 10.1 Å². The van der Waals surface area contributed by atoms with E-state index in [2.05, 4.69) is 0 Å². The highest BCUT2D eigenvalue weighted by atomic mass is 16.6. The number of ether oxygens (including phenoxy) is 1. The molecule has 0 aromatic heterocycles. The largest absolute Gasteiger partial charge is 0.493 e. The predicted molar refractivity (Wildman–Crippen MR) is 70.2 cm³/mol. The quantitative estimate of drug-likeness (QED) is 0.485. The maximum absolute atomic E-state index is 10.8. The summed E-state index contributed by atoms with van der Waals surface area (Å²) in [5.41, 5.74) is 0.373. The number of carboxylic acids is 1. The molecule has 0 atom stereocenters.